The second-order valence-corrected chi connectivity index (χ2v) is 4.79. The van der Waals surface area contributed by atoms with Gasteiger partial charge in [0, 0.05) is 23.2 Å². The second-order valence-electron chi connectivity index (χ2n) is 4.79. The monoisotopic (exact) mass is 253 g/mol. The number of benzene rings is 2. The molecule has 0 saturated heterocycles. The highest BCUT2D eigenvalue weighted by atomic mass is 16.5. The minimum absolute atomic E-state index is 0.0316. The van der Waals surface area contributed by atoms with Crippen molar-refractivity contribution in [3.8, 4) is 5.75 Å². The van der Waals surface area contributed by atoms with Crippen molar-refractivity contribution in [2.75, 3.05) is 12.3 Å². The molecule has 19 heavy (non-hydrogen) atoms. The highest BCUT2D eigenvalue weighted by Crippen LogP contribution is 2.28. The van der Waals surface area contributed by atoms with Gasteiger partial charge in [-0.2, -0.15) is 0 Å². The van der Waals surface area contributed by atoms with Crippen molar-refractivity contribution in [3.63, 3.8) is 0 Å². The van der Waals surface area contributed by atoms with E-state index in [0.29, 0.717) is 23.4 Å². The maximum atomic E-state index is 12.5. The summed E-state index contributed by atoms with van der Waals surface area (Å²) in [5, 5.41) is 0. The molecule has 3 heteroatoms. The lowest BCUT2D eigenvalue weighted by molar-refractivity contribution is 0.103. The van der Waals surface area contributed by atoms with E-state index in [0.717, 1.165) is 23.3 Å². The Morgan fingerprint density at radius 2 is 2.11 bits per heavy atom. The first-order valence-corrected chi connectivity index (χ1v) is 6.32. The fourth-order valence-corrected chi connectivity index (χ4v) is 2.36. The first-order valence-electron chi connectivity index (χ1n) is 6.32. The van der Waals surface area contributed by atoms with E-state index in [-0.39, 0.29) is 5.78 Å². The lowest BCUT2D eigenvalue weighted by Crippen LogP contribution is -2.06. The van der Waals surface area contributed by atoms with Crippen LogP contribution in [0.4, 0.5) is 5.69 Å². The topological polar surface area (TPSA) is 52.3 Å². The first kappa shape index (κ1) is 11.8. The van der Waals surface area contributed by atoms with Gasteiger partial charge in [0.2, 0.25) is 0 Å². The highest BCUT2D eigenvalue weighted by molar-refractivity contribution is 6.12. The Morgan fingerprint density at radius 1 is 1.26 bits per heavy atom. The molecule has 0 aromatic heterocycles. The maximum Gasteiger partial charge on any atom is 0.195 e. The van der Waals surface area contributed by atoms with Gasteiger partial charge in [0.05, 0.1) is 6.61 Å². The Bertz CT molecular complexity index is 662. The van der Waals surface area contributed by atoms with Gasteiger partial charge in [0.1, 0.15) is 5.75 Å². The molecule has 0 atom stereocenters. The summed E-state index contributed by atoms with van der Waals surface area (Å²) in [7, 11) is 0. The molecule has 2 N–H and O–H groups in total. The molecular weight excluding hydrogens is 238 g/mol. The fraction of sp³-hybridized carbons (Fsp3) is 0.188. The standard InChI is InChI=1S/C16H15NO2/c1-10-3-2-4-13(15(10)17)16(18)12-5-6-14-11(9-12)7-8-19-14/h2-6,9H,7-8,17H2,1H3. The molecule has 2 aromatic carbocycles. The smallest absolute Gasteiger partial charge is 0.195 e. The van der Waals surface area contributed by atoms with Crippen LogP contribution >= 0.6 is 0 Å². The van der Waals surface area contributed by atoms with Crippen LogP contribution in [0.25, 0.3) is 0 Å². The highest BCUT2D eigenvalue weighted by Gasteiger charge is 2.17. The number of nitrogens with two attached hydrogens (primary N) is 1. The van der Waals surface area contributed by atoms with E-state index >= 15 is 0 Å². The molecule has 2 aromatic rings. The Morgan fingerprint density at radius 3 is 2.95 bits per heavy atom. The number of nitrogen functional groups attached to an aromatic ring is 1. The lowest BCUT2D eigenvalue weighted by atomic mass is 9.97. The molecule has 0 aliphatic carbocycles. The quantitative estimate of drug-likeness (QED) is 0.661. The lowest BCUT2D eigenvalue weighted by Gasteiger charge is -2.08. The predicted octanol–water partition coefficient (Wildman–Crippen LogP) is 2.74. The van der Waals surface area contributed by atoms with Crippen LogP contribution < -0.4 is 10.5 Å². The number of carbonyl (C=O) groups excluding carboxylic acids is 1. The molecule has 0 spiro atoms. The van der Waals surface area contributed by atoms with Crippen LogP contribution in [0, 0.1) is 6.92 Å². The van der Waals surface area contributed by atoms with Crippen molar-refractivity contribution in [3.05, 3.63) is 58.7 Å². The average Bonchev–Trinajstić information content (AvgIpc) is 2.88. The van der Waals surface area contributed by atoms with E-state index in [1.54, 1.807) is 12.1 Å². The predicted molar refractivity (Wildman–Crippen MR) is 74.7 cm³/mol. The minimum Gasteiger partial charge on any atom is -0.493 e. The summed E-state index contributed by atoms with van der Waals surface area (Å²) in [5.41, 5.74) is 9.80. The molecule has 0 amide bonds. The number of ether oxygens (including phenoxy) is 1. The van der Waals surface area contributed by atoms with E-state index < -0.39 is 0 Å². The molecule has 0 fully saturated rings. The second kappa shape index (κ2) is 4.43. The zero-order valence-electron chi connectivity index (χ0n) is 10.8. The molecule has 3 nitrogen and oxygen atoms in total. The number of anilines is 1. The van der Waals surface area contributed by atoms with Crippen LogP contribution in [0.15, 0.2) is 36.4 Å². The number of ketones is 1. The van der Waals surface area contributed by atoms with E-state index in [4.69, 9.17) is 10.5 Å². The van der Waals surface area contributed by atoms with Crippen molar-refractivity contribution < 1.29 is 9.53 Å². The minimum atomic E-state index is -0.0316. The van der Waals surface area contributed by atoms with Crippen LogP contribution in [0.1, 0.15) is 27.0 Å². The van der Waals surface area contributed by atoms with Crippen LogP contribution in [0.2, 0.25) is 0 Å². The number of carbonyl (C=O) groups is 1. The van der Waals surface area contributed by atoms with E-state index in [2.05, 4.69) is 0 Å². The number of hydrogen-bond acceptors (Lipinski definition) is 3. The van der Waals surface area contributed by atoms with Gasteiger partial charge in [-0.05, 0) is 42.3 Å². The Balaban J connectivity index is 2.02. The van der Waals surface area contributed by atoms with Gasteiger partial charge in [-0.3, -0.25) is 4.79 Å². The summed E-state index contributed by atoms with van der Waals surface area (Å²) in [6.07, 6.45) is 0.861. The Labute approximate surface area is 112 Å². The third-order valence-electron chi connectivity index (χ3n) is 3.52. The van der Waals surface area contributed by atoms with Crippen molar-refractivity contribution in [1.82, 2.24) is 0 Å². The van der Waals surface area contributed by atoms with Gasteiger partial charge in [0.15, 0.2) is 5.78 Å². The number of rotatable bonds is 2. The van der Waals surface area contributed by atoms with E-state index in [9.17, 15) is 4.79 Å². The summed E-state index contributed by atoms with van der Waals surface area (Å²) in [6.45, 7) is 2.60. The largest absolute Gasteiger partial charge is 0.493 e. The van der Waals surface area contributed by atoms with Gasteiger partial charge in [-0.25, -0.2) is 0 Å². The molecule has 0 radical (unpaired) electrons. The molecule has 0 bridgehead atoms. The van der Waals surface area contributed by atoms with Crippen LogP contribution in [-0.4, -0.2) is 12.4 Å². The van der Waals surface area contributed by atoms with Crippen molar-refractivity contribution >= 4 is 11.5 Å². The van der Waals surface area contributed by atoms with Crippen molar-refractivity contribution in [1.29, 1.82) is 0 Å². The van der Waals surface area contributed by atoms with Crippen LogP contribution in [0.5, 0.6) is 5.75 Å². The zero-order valence-corrected chi connectivity index (χ0v) is 10.8. The summed E-state index contributed by atoms with van der Waals surface area (Å²) in [4.78, 5) is 12.5. The first-order chi connectivity index (χ1) is 9.16. The van der Waals surface area contributed by atoms with Gasteiger partial charge in [0.25, 0.3) is 0 Å². The zero-order chi connectivity index (χ0) is 13.4. The SMILES string of the molecule is Cc1cccc(C(=O)c2ccc3c(c2)CCO3)c1N. The normalized spacial score (nSPS) is 12.9. The number of fused-ring (bicyclic) bond motifs is 1. The van der Waals surface area contributed by atoms with E-state index in [1.807, 2.05) is 31.2 Å². The molecule has 1 aliphatic rings. The molecule has 0 unspecified atom stereocenters. The van der Waals surface area contributed by atoms with Crippen molar-refractivity contribution in [2.45, 2.75) is 13.3 Å². The third kappa shape index (κ3) is 1.97. The Kier molecular flexibility index (Phi) is 2.75. The summed E-state index contributed by atoms with van der Waals surface area (Å²) >= 11 is 0. The number of para-hydroxylation sites is 1. The summed E-state index contributed by atoms with van der Waals surface area (Å²) in [6, 6.07) is 11.1. The molecule has 0 saturated carbocycles. The Hall–Kier alpha value is -2.29. The van der Waals surface area contributed by atoms with E-state index in [1.165, 1.54) is 0 Å². The van der Waals surface area contributed by atoms with Gasteiger partial charge >= 0.3 is 0 Å². The van der Waals surface area contributed by atoms with Crippen LogP contribution in [0.3, 0.4) is 0 Å². The third-order valence-corrected chi connectivity index (χ3v) is 3.52. The molecule has 1 heterocycles. The maximum absolute atomic E-state index is 12.5. The molecule has 96 valence electrons. The fourth-order valence-electron chi connectivity index (χ4n) is 2.36. The van der Waals surface area contributed by atoms with Gasteiger partial charge in [-0.15, -0.1) is 0 Å². The molecule has 1 aliphatic heterocycles. The van der Waals surface area contributed by atoms with Crippen molar-refractivity contribution in [2.24, 2.45) is 0 Å². The van der Waals surface area contributed by atoms with Crippen LogP contribution in [-0.2, 0) is 6.42 Å². The summed E-state index contributed by atoms with van der Waals surface area (Å²) in [5.74, 6) is 0.852. The average molecular weight is 253 g/mol. The summed E-state index contributed by atoms with van der Waals surface area (Å²) < 4.78 is 5.45. The number of aryl methyl sites for hydroxylation is 1. The van der Waals surface area contributed by atoms with Gasteiger partial charge in [-0.1, -0.05) is 12.1 Å². The molecular formula is C16H15NO2. The van der Waals surface area contributed by atoms with Gasteiger partial charge < -0.3 is 10.5 Å². The molecule has 3 rings (SSSR count). The number of hydrogen-bond donors (Lipinski definition) is 1.